The maximum Gasteiger partial charge on any atom is 0.241 e. The van der Waals surface area contributed by atoms with Crippen LogP contribution in [0.3, 0.4) is 0 Å². The van der Waals surface area contributed by atoms with Gasteiger partial charge in [0.15, 0.2) is 11.5 Å². The first kappa shape index (κ1) is 36.5. The van der Waals surface area contributed by atoms with Gasteiger partial charge in [0.1, 0.15) is 11.5 Å². The van der Waals surface area contributed by atoms with Crippen LogP contribution in [-0.2, 0) is 19.2 Å². The van der Waals surface area contributed by atoms with E-state index in [-0.39, 0.29) is 41.5 Å². The normalized spacial score (nSPS) is 25.8. The summed E-state index contributed by atoms with van der Waals surface area (Å²) in [5, 5.41) is 10.8. The molecule has 2 aliphatic heterocycles. The molecule has 2 saturated heterocycles. The SMILES string of the molecule is COc1ccc(OC)c(C=Cc2ccc(N3C(=O)C4CC=C5C(CC6C(=O)N(c7ccccc7)C(=O)C6(C)C5c5cc(I)c(O)c(OC)c5)C4C3=O)cc2)c1. The fourth-order valence-corrected chi connectivity index (χ4v) is 9.90. The number of hydrogen-bond acceptors (Lipinski definition) is 8. The molecular weight excluding hydrogens is 811 g/mol. The number of fused-ring (bicyclic) bond motifs is 4. The van der Waals surface area contributed by atoms with E-state index < -0.39 is 35.0 Å². The lowest BCUT2D eigenvalue weighted by Crippen LogP contribution is -2.48. The molecule has 2 heterocycles. The van der Waals surface area contributed by atoms with Crippen molar-refractivity contribution in [2.45, 2.75) is 25.7 Å². The lowest BCUT2D eigenvalue weighted by Gasteiger charge is -2.49. The van der Waals surface area contributed by atoms with E-state index in [0.29, 0.717) is 38.4 Å². The minimum atomic E-state index is -1.21. The van der Waals surface area contributed by atoms with Crippen molar-refractivity contribution in [3.63, 3.8) is 0 Å². The van der Waals surface area contributed by atoms with Crippen LogP contribution in [0.5, 0.6) is 23.0 Å². The number of benzene rings is 4. The Kier molecular flexibility index (Phi) is 9.31. The molecule has 4 aliphatic rings. The van der Waals surface area contributed by atoms with Gasteiger partial charge in [0.2, 0.25) is 23.6 Å². The number of imide groups is 2. The Balaban J connectivity index is 1.15. The maximum absolute atomic E-state index is 14.7. The van der Waals surface area contributed by atoms with E-state index in [4.69, 9.17) is 14.2 Å². The van der Waals surface area contributed by atoms with E-state index in [1.165, 1.54) is 16.9 Å². The van der Waals surface area contributed by atoms with Crippen molar-refractivity contribution in [2.75, 3.05) is 31.1 Å². The average molecular weight is 851 g/mol. The van der Waals surface area contributed by atoms with Crippen LogP contribution in [0.25, 0.3) is 12.2 Å². The fourth-order valence-electron chi connectivity index (χ4n) is 9.28. The van der Waals surface area contributed by atoms with E-state index in [2.05, 4.69) is 0 Å². The summed E-state index contributed by atoms with van der Waals surface area (Å²) < 4.78 is 16.9. The molecule has 10 nitrogen and oxygen atoms in total. The summed E-state index contributed by atoms with van der Waals surface area (Å²) in [4.78, 5) is 60.5. The summed E-state index contributed by atoms with van der Waals surface area (Å²) in [5.41, 5.74) is 2.99. The van der Waals surface area contributed by atoms with Gasteiger partial charge < -0.3 is 19.3 Å². The quantitative estimate of drug-likeness (QED) is 0.0832. The smallest absolute Gasteiger partial charge is 0.241 e. The van der Waals surface area contributed by atoms with E-state index in [1.54, 1.807) is 56.7 Å². The molecule has 4 aromatic carbocycles. The van der Waals surface area contributed by atoms with Gasteiger partial charge in [-0.25, -0.2) is 4.90 Å². The molecule has 0 aromatic heterocycles. The number of amides is 4. The van der Waals surface area contributed by atoms with Crippen LogP contribution >= 0.6 is 22.6 Å². The summed E-state index contributed by atoms with van der Waals surface area (Å²) in [6.45, 7) is 1.84. The number of phenolic OH excluding ortho intramolecular Hbond substituents is 1. The first-order valence-electron chi connectivity index (χ1n) is 18.1. The molecule has 6 atom stereocenters. The standard InChI is InChI=1S/C44H39IN2O8/c1-44-33(41(50)47(43(44)52)27-8-6-5-7-9-27)23-32-30(38(44)26-21-34(45)39(48)36(22-26)55-4)17-18-31-37(32)42(51)46(40(31)49)28-14-11-24(12-15-28)10-13-25-20-29(53-2)16-19-35(25)54-3/h5-17,19-22,31-33,37-38,48H,18,23H2,1-4H3. The third-order valence-corrected chi connectivity index (χ3v) is 12.8. The minimum Gasteiger partial charge on any atom is -0.504 e. The van der Waals surface area contributed by atoms with E-state index in [0.717, 1.165) is 16.7 Å². The number of carbonyl (C=O) groups is 4. The predicted molar refractivity (Wildman–Crippen MR) is 216 cm³/mol. The molecule has 0 radical (unpaired) electrons. The molecule has 8 rings (SSSR count). The number of halogens is 1. The summed E-state index contributed by atoms with van der Waals surface area (Å²) in [5.74, 6) is -2.83. The number of rotatable bonds is 8. The molecule has 1 N–H and O–H groups in total. The van der Waals surface area contributed by atoms with Crippen molar-refractivity contribution in [1.29, 1.82) is 0 Å². The van der Waals surface area contributed by atoms with Gasteiger partial charge in [-0.2, -0.15) is 0 Å². The second-order valence-corrected chi connectivity index (χ2v) is 15.8. The Morgan fingerprint density at radius 3 is 2.16 bits per heavy atom. The van der Waals surface area contributed by atoms with Crippen LogP contribution in [0.4, 0.5) is 11.4 Å². The highest BCUT2D eigenvalue weighted by molar-refractivity contribution is 14.1. The predicted octanol–water partition coefficient (Wildman–Crippen LogP) is 7.63. The summed E-state index contributed by atoms with van der Waals surface area (Å²) in [6, 6.07) is 25.2. The van der Waals surface area contributed by atoms with Gasteiger partial charge >= 0.3 is 0 Å². The number of ether oxygens (including phenoxy) is 3. The highest BCUT2D eigenvalue weighted by Gasteiger charge is 2.67. The van der Waals surface area contributed by atoms with E-state index in [9.17, 15) is 24.3 Å². The number of aromatic hydroxyl groups is 1. The lowest BCUT2D eigenvalue weighted by molar-refractivity contribution is -0.131. The molecule has 280 valence electrons. The van der Waals surface area contributed by atoms with E-state index >= 15 is 0 Å². The Labute approximate surface area is 332 Å². The van der Waals surface area contributed by atoms with Crippen LogP contribution in [0.15, 0.2) is 96.6 Å². The Morgan fingerprint density at radius 1 is 0.764 bits per heavy atom. The van der Waals surface area contributed by atoms with Gasteiger partial charge in [0.25, 0.3) is 0 Å². The van der Waals surface area contributed by atoms with Crippen LogP contribution in [0.1, 0.15) is 42.4 Å². The number of methoxy groups -OCH3 is 3. The van der Waals surface area contributed by atoms with Gasteiger partial charge in [-0.3, -0.25) is 24.1 Å². The summed E-state index contributed by atoms with van der Waals surface area (Å²) in [7, 11) is 4.68. The lowest BCUT2D eigenvalue weighted by atomic mass is 9.51. The summed E-state index contributed by atoms with van der Waals surface area (Å²) >= 11 is 2.03. The number of hydrogen-bond donors (Lipinski definition) is 1. The number of carbonyl (C=O) groups excluding carboxylic acids is 4. The zero-order valence-corrected chi connectivity index (χ0v) is 32.9. The van der Waals surface area contributed by atoms with Crippen molar-refractivity contribution in [3.8, 4) is 23.0 Å². The molecule has 1 saturated carbocycles. The number of allylic oxidation sites excluding steroid dienone is 2. The van der Waals surface area contributed by atoms with Crippen molar-refractivity contribution in [2.24, 2.45) is 29.1 Å². The topological polar surface area (TPSA) is 123 Å². The number of phenols is 1. The largest absolute Gasteiger partial charge is 0.504 e. The zero-order valence-electron chi connectivity index (χ0n) is 30.7. The van der Waals surface area contributed by atoms with Crippen LogP contribution in [0, 0.1) is 32.7 Å². The monoisotopic (exact) mass is 850 g/mol. The van der Waals surface area contributed by atoms with Gasteiger partial charge in [-0.05, 0) is 114 Å². The second-order valence-electron chi connectivity index (χ2n) is 14.6. The zero-order chi connectivity index (χ0) is 38.8. The minimum absolute atomic E-state index is 0.0212. The molecule has 2 aliphatic carbocycles. The van der Waals surface area contributed by atoms with Crippen molar-refractivity contribution in [3.05, 3.63) is 117 Å². The molecular formula is C44H39IN2O8. The molecule has 6 unspecified atom stereocenters. The van der Waals surface area contributed by atoms with Crippen molar-refractivity contribution in [1.82, 2.24) is 0 Å². The van der Waals surface area contributed by atoms with E-state index in [1.807, 2.05) is 90.2 Å². The Morgan fingerprint density at radius 2 is 1.47 bits per heavy atom. The van der Waals surface area contributed by atoms with Crippen molar-refractivity contribution >= 4 is 69.7 Å². The molecule has 4 aromatic rings. The molecule has 0 spiro atoms. The maximum atomic E-state index is 14.7. The third kappa shape index (κ3) is 5.73. The van der Waals surface area contributed by atoms with Gasteiger partial charge in [-0.1, -0.05) is 54.1 Å². The van der Waals surface area contributed by atoms with Gasteiger partial charge in [0, 0.05) is 11.5 Å². The third-order valence-electron chi connectivity index (χ3n) is 11.9. The molecule has 55 heavy (non-hydrogen) atoms. The first-order valence-corrected chi connectivity index (χ1v) is 19.2. The van der Waals surface area contributed by atoms with Crippen LogP contribution in [-0.4, -0.2) is 50.1 Å². The molecule has 4 amide bonds. The van der Waals surface area contributed by atoms with Crippen LogP contribution < -0.4 is 24.0 Å². The highest BCUT2D eigenvalue weighted by Crippen LogP contribution is 2.64. The molecule has 0 bridgehead atoms. The van der Waals surface area contributed by atoms with Crippen molar-refractivity contribution < 1.29 is 38.5 Å². The summed E-state index contributed by atoms with van der Waals surface area (Å²) in [6.07, 6.45) is 6.40. The Bertz CT molecular complexity index is 2300. The average Bonchev–Trinajstić information content (AvgIpc) is 3.57. The van der Waals surface area contributed by atoms with Gasteiger partial charge in [-0.15, -0.1) is 0 Å². The first-order chi connectivity index (χ1) is 26.5. The Hall–Kier alpha value is -5.43. The highest BCUT2D eigenvalue weighted by atomic mass is 127. The second kappa shape index (κ2) is 14.0. The molecule has 11 heteroatoms. The number of anilines is 2. The number of para-hydroxylation sites is 1. The molecule has 3 fully saturated rings. The van der Waals surface area contributed by atoms with Crippen LogP contribution in [0.2, 0.25) is 0 Å². The number of nitrogens with zero attached hydrogens (tertiary/aromatic N) is 2. The van der Waals surface area contributed by atoms with Gasteiger partial charge in [0.05, 0.1) is 59.4 Å². The fraction of sp³-hybridized carbons (Fsp3) is 0.273.